The van der Waals surface area contributed by atoms with Crippen LogP contribution in [0.15, 0.2) is 60.7 Å². The van der Waals surface area contributed by atoms with Gasteiger partial charge in [-0.05, 0) is 29.7 Å². The Morgan fingerprint density at radius 2 is 2.00 bits per heavy atom. The van der Waals surface area contributed by atoms with E-state index in [1.807, 2.05) is 42.5 Å². The van der Waals surface area contributed by atoms with Crippen molar-refractivity contribution in [3.05, 3.63) is 77.6 Å². The van der Waals surface area contributed by atoms with E-state index >= 15 is 0 Å². The van der Waals surface area contributed by atoms with Crippen LogP contribution in [-0.4, -0.2) is 41.8 Å². The second-order valence-electron chi connectivity index (χ2n) is 7.17. The summed E-state index contributed by atoms with van der Waals surface area (Å²) >= 11 is 0. The van der Waals surface area contributed by atoms with Gasteiger partial charge < -0.3 is 9.80 Å². The molecule has 1 aliphatic rings. The summed E-state index contributed by atoms with van der Waals surface area (Å²) in [6.45, 7) is 1.22. The Kier molecular flexibility index (Phi) is 6.58. The molecule has 1 aliphatic heterocycles. The molecule has 1 fully saturated rings. The molecule has 1 saturated heterocycles. The summed E-state index contributed by atoms with van der Waals surface area (Å²) in [6, 6.07) is 16.2. The highest BCUT2D eigenvalue weighted by Gasteiger charge is 2.31. The summed E-state index contributed by atoms with van der Waals surface area (Å²) in [7, 11) is 1.78. The largest absolute Gasteiger partial charge is 0.342 e. The average Bonchev–Trinajstić information content (AvgIpc) is 2.70. The molecule has 0 radical (unpaired) electrons. The predicted molar refractivity (Wildman–Crippen MR) is 108 cm³/mol. The Labute approximate surface area is 165 Å². The average molecular weight is 380 g/mol. The van der Waals surface area contributed by atoms with Crippen molar-refractivity contribution in [3.8, 4) is 0 Å². The topological polar surface area (TPSA) is 40.6 Å². The molecule has 1 heterocycles. The SMILES string of the molecule is CN(CC=Cc1ccccc1)C(=O)C1CCC(=O)N(Cc2cccc(F)c2)C1. The zero-order valence-corrected chi connectivity index (χ0v) is 16.1. The van der Waals surface area contributed by atoms with E-state index in [2.05, 4.69) is 0 Å². The van der Waals surface area contributed by atoms with E-state index in [1.165, 1.54) is 12.1 Å². The van der Waals surface area contributed by atoms with Crippen molar-refractivity contribution in [3.63, 3.8) is 0 Å². The number of amides is 2. The van der Waals surface area contributed by atoms with Crippen LogP contribution in [0.4, 0.5) is 4.39 Å². The van der Waals surface area contributed by atoms with Gasteiger partial charge in [-0.2, -0.15) is 0 Å². The van der Waals surface area contributed by atoms with Gasteiger partial charge in [0.05, 0.1) is 5.92 Å². The summed E-state index contributed by atoms with van der Waals surface area (Å²) in [5.74, 6) is -0.490. The first-order valence-electron chi connectivity index (χ1n) is 9.51. The van der Waals surface area contributed by atoms with Crippen molar-refractivity contribution in [1.82, 2.24) is 9.80 Å². The number of halogens is 1. The Hall–Kier alpha value is -2.95. The summed E-state index contributed by atoms with van der Waals surface area (Å²) < 4.78 is 13.4. The van der Waals surface area contributed by atoms with Gasteiger partial charge in [0.1, 0.15) is 5.82 Å². The van der Waals surface area contributed by atoms with Gasteiger partial charge in [-0.25, -0.2) is 4.39 Å². The Balaban J connectivity index is 1.57. The minimum absolute atomic E-state index is 0.0138. The molecule has 5 heteroatoms. The molecule has 4 nitrogen and oxygen atoms in total. The number of rotatable bonds is 6. The molecule has 28 heavy (non-hydrogen) atoms. The maximum absolute atomic E-state index is 13.4. The highest BCUT2D eigenvalue weighted by atomic mass is 19.1. The lowest BCUT2D eigenvalue weighted by Crippen LogP contribution is -2.45. The van der Waals surface area contributed by atoms with Crippen molar-refractivity contribution in [1.29, 1.82) is 0 Å². The highest BCUT2D eigenvalue weighted by Crippen LogP contribution is 2.22. The van der Waals surface area contributed by atoms with Crippen LogP contribution >= 0.6 is 0 Å². The number of piperidine rings is 1. The van der Waals surface area contributed by atoms with Crippen molar-refractivity contribution in [2.45, 2.75) is 19.4 Å². The molecule has 3 rings (SSSR count). The third kappa shape index (κ3) is 5.28. The zero-order chi connectivity index (χ0) is 19.9. The Morgan fingerprint density at radius 1 is 1.21 bits per heavy atom. The van der Waals surface area contributed by atoms with Crippen molar-refractivity contribution >= 4 is 17.9 Å². The fourth-order valence-corrected chi connectivity index (χ4v) is 3.44. The molecule has 1 unspecified atom stereocenters. The number of likely N-dealkylation sites (tertiary alicyclic amines) is 1. The molecule has 2 amide bonds. The van der Waals surface area contributed by atoms with Gasteiger partial charge in [-0.1, -0.05) is 54.6 Å². The van der Waals surface area contributed by atoms with Gasteiger partial charge in [0.15, 0.2) is 0 Å². The van der Waals surface area contributed by atoms with E-state index in [0.717, 1.165) is 11.1 Å². The van der Waals surface area contributed by atoms with Crippen LogP contribution in [0.1, 0.15) is 24.0 Å². The molecule has 0 N–H and O–H groups in total. The van der Waals surface area contributed by atoms with E-state index in [1.54, 1.807) is 29.0 Å². The van der Waals surface area contributed by atoms with Crippen LogP contribution in [0.3, 0.4) is 0 Å². The number of carbonyl (C=O) groups excluding carboxylic acids is 2. The van der Waals surface area contributed by atoms with Gasteiger partial charge in [0.2, 0.25) is 11.8 Å². The van der Waals surface area contributed by atoms with Crippen LogP contribution < -0.4 is 0 Å². The molecule has 2 aromatic rings. The molecule has 0 spiro atoms. The first-order valence-corrected chi connectivity index (χ1v) is 9.51. The minimum Gasteiger partial charge on any atom is -0.342 e. The number of hydrogen-bond donors (Lipinski definition) is 0. The van der Waals surface area contributed by atoms with Gasteiger partial charge in [0.25, 0.3) is 0 Å². The minimum atomic E-state index is -0.320. The second kappa shape index (κ2) is 9.31. The number of benzene rings is 2. The van der Waals surface area contributed by atoms with Crippen LogP contribution in [0.5, 0.6) is 0 Å². The number of carbonyl (C=O) groups is 2. The van der Waals surface area contributed by atoms with E-state index < -0.39 is 0 Å². The molecule has 0 bridgehead atoms. The molecule has 0 aromatic heterocycles. The van der Waals surface area contributed by atoms with E-state index in [9.17, 15) is 14.0 Å². The van der Waals surface area contributed by atoms with E-state index in [0.29, 0.717) is 32.5 Å². The maximum Gasteiger partial charge on any atom is 0.227 e. The third-order valence-electron chi connectivity index (χ3n) is 4.98. The summed E-state index contributed by atoms with van der Waals surface area (Å²) in [5, 5.41) is 0. The molecule has 1 atom stereocenters. The predicted octanol–water partition coefficient (Wildman–Crippen LogP) is 3.74. The van der Waals surface area contributed by atoms with Crippen LogP contribution in [-0.2, 0) is 16.1 Å². The number of nitrogens with zero attached hydrogens (tertiary/aromatic N) is 2. The van der Waals surface area contributed by atoms with Crippen molar-refractivity contribution in [2.75, 3.05) is 20.1 Å². The number of hydrogen-bond acceptors (Lipinski definition) is 2. The molecular formula is C23H25FN2O2. The van der Waals surface area contributed by atoms with Crippen LogP contribution in [0.25, 0.3) is 6.08 Å². The van der Waals surface area contributed by atoms with E-state index in [-0.39, 0.29) is 23.5 Å². The Bertz CT molecular complexity index is 851. The quantitative estimate of drug-likeness (QED) is 0.766. The lowest BCUT2D eigenvalue weighted by atomic mass is 9.95. The smallest absolute Gasteiger partial charge is 0.227 e. The molecular weight excluding hydrogens is 355 g/mol. The molecule has 0 aliphatic carbocycles. The highest BCUT2D eigenvalue weighted by molar-refractivity contribution is 5.84. The third-order valence-corrected chi connectivity index (χ3v) is 4.98. The lowest BCUT2D eigenvalue weighted by Gasteiger charge is -2.33. The van der Waals surface area contributed by atoms with Crippen molar-refractivity contribution in [2.24, 2.45) is 5.92 Å². The standard InChI is InChI=1S/C23H25FN2O2/c1-25(14-6-10-18-7-3-2-4-8-18)23(28)20-12-13-22(27)26(17-20)16-19-9-5-11-21(24)15-19/h2-11,15,20H,12-14,16-17H2,1H3. The van der Waals surface area contributed by atoms with Gasteiger partial charge in [-0.15, -0.1) is 0 Å². The summed E-state index contributed by atoms with van der Waals surface area (Å²) in [6.07, 6.45) is 4.86. The van der Waals surface area contributed by atoms with E-state index in [4.69, 9.17) is 0 Å². The number of likely N-dealkylation sites (N-methyl/N-ethyl adjacent to an activating group) is 1. The van der Waals surface area contributed by atoms with Crippen LogP contribution in [0, 0.1) is 11.7 Å². The maximum atomic E-state index is 13.4. The first-order chi connectivity index (χ1) is 13.5. The first kappa shape index (κ1) is 19.8. The van der Waals surface area contributed by atoms with Crippen molar-refractivity contribution < 1.29 is 14.0 Å². The normalized spacial score (nSPS) is 17.1. The van der Waals surface area contributed by atoms with Gasteiger partial charge in [-0.3, -0.25) is 9.59 Å². The van der Waals surface area contributed by atoms with Crippen LogP contribution in [0.2, 0.25) is 0 Å². The lowest BCUT2D eigenvalue weighted by molar-refractivity contribution is -0.142. The fourth-order valence-electron chi connectivity index (χ4n) is 3.44. The fraction of sp³-hybridized carbons (Fsp3) is 0.304. The molecule has 0 saturated carbocycles. The Morgan fingerprint density at radius 3 is 2.75 bits per heavy atom. The monoisotopic (exact) mass is 380 g/mol. The molecule has 2 aromatic carbocycles. The molecule has 146 valence electrons. The summed E-state index contributed by atoms with van der Waals surface area (Å²) in [5.41, 5.74) is 1.83. The second-order valence-corrected chi connectivity index (χ2v) is 7.17. The zero-order valence-electron chi connectivity index (χ0n) is 16.1. The van der Waals surface area contributed by atoms with Gasteiger partial charge in [0, 0.05) is 33.1 Å². The summed E-state index contributed by atoms with van der Waals surface area (Å²) in [4.78, 5) is 28.4. The van der Waals surface area contributed by atoms with Gasteiger partial charge >= 0.3 is 0 Å².